The molecule has 24 heavy (non-hydrogen) atoms. The van der Waals surface area contributed by atoms with Crippen LogP contribution in [0.3, 0.4) is 0 Å². The first kappa shape index (κ1) is 13.3. The standard InChI is InChI=1S/C22H14N2/c23-11-19-15-7-3-4-8-16(15)20(12-24)22-18-10-14-6-2-1-5-13(14)9-17(18)21(19)22/h3-4,7-10H,1-2,5-6H2. The van der Waals surface area contributed by atoms with Gasteiger partial charge >= 0.3 is 0 Å². The Labute approximate surface area is 140 Å². The van der Waals surface area contributed by atoms with Gasteiger partial charge in [-0.3, -0.25) is 0 Å². The van der Waals surface area contributed by atoms with Crippen LogP contribution in [0.2, 0.25) is 0 Å². The molecule has 0 amide bonds. The molecule has 2 heteroatoms. The molecule has 0 aromatic heterocycles. The molecule has 0 N–H and O–H groups in total. The van der Waals surface area contributed by atoms with Crippen molar-refractivity contribution in [2.45, 2.75) is 25.7 Å². The van der Waals surface area contributed by atoms with Crippen molar-refractivity contribution in [3.8, 4) is 34.4 Å². The van der Waals surface area contributed by atoms with Gasteiger partial charge in [-0.15, -0.1) is 0 Å². The van der Waals surface area contributed by atoms with Crippen molar-refractivity contribution in [1.29, 1.82) is 10.5 Å². The molecule has 0 aliphatic heterocycles. The Morgan fingerprint density at radius 1 is 0.708 bits per heavy atom. The number of nitrogens with zero attached hydrogens (tertiary/aromatic N) is 2. The van der Waals surface area contributed by atoms with Gasteiger partial charge in [0.25, 0.3) is 0 Å². The van der Waals surface area contributed by atoms with Crippen molar-refractivity contribution in [2.75, 3.05) is 0 Å². The zero-order valence-corrected chi connectivity index (χ0v) is 13.2. The average molecular weight is 306 g/mol. The summed E-state index contributed by atoms with van der Waals surface area (Å²) >= 11 is 0. The van der Waals surface area contributed by atoms with Crippen molar-refractivity contribution in [3.05, 3.63) is 58.7 Å². The summed E-state index contributed by atoms with van der Waals surface area (Å²) < 4.78 is 0. The van der Waals surface area contributed by atoms with E-state index in [0.29, 0.717) is 11.1 Å². The van der Waals surface area contributed by atoms with Crippen LogP contribution < -0.4 is 0 Å². The van der Waals surface area contributed by atoms with Gasteiger partial charge in [-0.05, 0) is 47.9 Å². The number of benzene rings is 3. The summed E-state index contributed by atoms with van der Waals surface area (Å²) in [5, 5.41) is 21.3. The Bertz CT molecular complexity index is 1030. The van der Waals surface area contributed by atoms with Gasteiger partial charge in [-0.1, -0.05) is 36.4 Å². The quantitative estimate of drug-likeness (QED) is 0.453. The topological polar surface area (TPSA) is 47.6 Å². The fourth-order valence-electron chi connectivity index (χ4n) is 4.35. The molecule has 3 aromatic carbocycles. The highest BCUT2D eigenvalue weighted by Gasteiger charge is 2.32. The molecule has 2 aliphatic rings. The van der Waals surface area contributed by atoms with Crippen LogP contribution in [0.4, 0.5) is 0 Å². The minimum Gasteiger partial charge on any atom is -0.192 e. The molecule has 5 rings (SSSR count). The van der Waals surface area contributed by atoms with E-state index < -0.39 is 0 Å². The van der Waals surface area contributed by atoms with Gasteiger partial charge in [0.15, 0.2) is 0 Å². The van der Waals surface area contributed by atoms with Gasteiger partial charge in [0.2, 0.25) is 0 Å². The van der Waals surface area contributed by atoms with Crippen LogP contribution in [0.25, 0.3) is 33.0 Å². The number of nitriles is 2. The van der Waals surface area contributed by atoms with Crippen LogP contribution in [-0.2, 0) is 12.8 Å². The largest absolute Gasteiger partial charge is 0.192 e. The summed E-state index contributed by atoms with van der Waals surface area (Å²) in [5.41, 5.74) is 8.54. The van der Waals surface area contributed by atoms with Crippen molar-refractivity contribution in [1.82, 2.24) is 0 Å². The van der Waals surface area contributed by atoms with E-state index in [1.54, 1.807) is 0 Å². The predicted molar refractivity (Wildman–Crippen MR) is 94.5 cm³/mol. The lowest BCUT2D eigenvalue weighted by Gasteiger charge is -2.30. The second kappa shape index (κ2) is 4.70. The van der Waals surface area contributed by atoms with Crippen LogP contribution in [0.1, 0.15) is 35.1 Å². The Kier molecular flexibility index (Phi) is 2.61. The number of hydrogen-bond acceptors (Lipinski definition) is 2. The van der Waals surface area contributed by atoms with Gasteiger partial charge in [-0.2, -0.15) is 10.5 Å². The van der Waals surface area contributed by atoms with Crippen molar-refractivity contribution < 1.29 is 0 Å². The Hall–Kier alpha value is -3.10. The fraction of sp³-hybridized carbons (Fsp3) is 0.182. The third kappa shape index (κ3) is 1.53. The molecule has 0 heterocycles. The average Bonchev–Trinajstić information content (AvgIpc) is 2.64. The molecule has 0 saturated carbocycles. The van der Waals surface area contributed by atoms with Crippen molar-refractivity contribution in [2.24, 2.45) is 0 Å². The summed E-state index contributed by atoms with van der Waals surface area (Å²) in [6.45, 7) is 0. The zero-order valence-electron chi connectivity index (χ0n) is 13.2. The van der Waals surface area contributed by atoms with Gasteiger partial charge in [0.1, 0.15) is 12.1 Å². The molecule has 2 nitrogen and oxygen atoms in total. The summed E-state index contributed by atoms with van der Waals surface area (Å²) in [5.74, 6) is 0. The first-order valence-electron chi connectivity index (χ1n) is 8.39. The van der Waals surface area contributed by atoms with E-state index in [1.165, 1.54) is 24.0 Å². The molecule has 0 spiro atoms. The SMILES string of the molecule is N#Cc1c2c(c(C#N)c3ccccc13)-c1cc3c(cc1-2)CCCC3. The Morgan fingerprint density at radius 3 is 1.58 bits per heavy atom. The normalized spacial score (nSPS) is 13.9. The van der Waals surface area contributed by atoms with E-state index in [1.807, 2.05) is 24.3 Å². The summed E-state index contributed by atoms with van der Waals surface area (Å²) in [6, 6.07) is 17.1. The van der Waals surface area contributed by atoms with Crippen LogP contribution in [0.15, 0.2) is 36.4 Å². The smallest absolute Gasteiger partial charge is 0.100 e. The third-order valence-corrected chi connectivity index (χ3v) is 5.46. The van der Waals surface area contributed by atoms with Crippen molar-refractivity contribution in [3.63, 3.8) is 0 Å². The summed E-state index contributed by atoms with van der Waals surface area (Å²) in [6.07, 6.45) is 4.73. The second-order valence-electron chi connectivity index (χ2n) is 6.64. The van der Waals surface area contributed by atoms with Crippen LogP contribution in [0, 0.1) is 22.7 Å². The van der Waals surface area contributed by atoms with Gasteiger partial charge in [0, 0.05) is 21.9 Å². The zero-order chi connectivity index (χ0) is 16.3. The van der Waals surface area contributed by atoms with Gasteiger partial charge in [-0.25, -0.2) is 0 Å². The molecule has 0 bridgehead atoms. The lowest BCUT2D eigenvalue weighted by atomic mass is 9.71. The molecule has 0 fully saturated rings. The number of hydrogen-bond donors (Lipinski definition) is 0. The molecular formula is C22H14N2. The van der Waals surface area contributed by atoms with E-state index in [4.69, 9.17) is 0 Å². The molecule has 112 valence electrons. The van der Waals surface area contributed by atoms with E-state index in [2.05, 4.69) is 24.3 Å². The highest BCUT2D eigenvalue weighted by Crippen LogP contribution is 2.54. The molecule has 0 radical (unpaired) electrons. The maximum absolute atomic E-state index is 9.77. The highest BCUT2D eigenvalue weighted by atomic mass is 14.4. The first-order valence-corrected chi connectivity index (χ1v) is 8.39. The van der Waals surface area contributed by atoms with E-state index >= 15 is 0 Å². The Morgan fingerprint density at radius 2 is 1.17 bits per heavy atom. The maximum Gasteiger partial charge on any atom is 0.100 e. The van der Waals surface area contributed by atoms with E-state index in [9.17, 15) is 10.5 Å². The minimum atomic E-state index is 0.711. The third-order valence-electron chi connectivity index (χ3n) is 5.46. The van der Waals surface area contributed by atoms with E-state index in [0.717, 1.165) is 45.9 Å². The molecule has 0 atom stereocenters. The summed E-state index contributed by atoms with van der Waals surface area (Å²) in [7, 11) is 0. The minimum absolute atomic E-state index is 0.711. The highest BCUT2D eigenvalue weighted by molar-refractivity contribution is 6.15. The fourth-order valence-corrected chi connectivity index (χ4v) is 4.35. The van der Waals surface area contributed by atoms with E-state index in [-0.39, 0.29) is 0 Å². The second-order valence-corrected chi connectivity index (χ2v) is 6.64. The predicted octanol–water partition coefficient (Wildman–Crippen LogP) is 5.11. The lowest BCUT2D eigenvalue weighted by Crippen LogP contribution is -2.10. The van der Waals surface area contributed by atoms with Gasteiger partial charge in [0.05, 0.1) is 11.1 Å². The van der Waals surface area contributed by atoms with Crippen LogP contribution in [0.5, 0.6) is 0 Å². The van der Waals surface area contributed by atoms with Crippen LogP contribution >= 0.6 is 0 Å². The Balaban J connectivity index is 1.90. The molecular weight excluding hydrogens is 292 g/mol. The number of aryl methyl sites for hydroxylation is 2. The van der Waals surface area contributed by atoms with Crippen LogP contribution in [-0.4, -0.2) is 0 Å². The maximum atomic E-state index is 9.77. The lowest BCUT2D eigenvalue weighted by molar-refractivity contribution is 0.686. The molecule has 3 aromatic rings. The van der Waals surface area contributed by atoms with Gasteiger partial charge < -0.3 is 0 Å². The molecule has 0 saturated heterocycles. The summed E-state index contributed by atoms with van der Waals surface area (Å²) in [4.78, 5) is 0. The van der Waals surface area contributed by atoms with Crippen molar-refractivity contribution >= 4 is 10.8 Å². The first-order chi connectivity index (χ1) is 11.8. The monoisotopic (exact) mass is 306 g/mol. The number of fused-ring (bicyclic) bond motifs is 6. The number of rotatable bonds is 0. The molecule has 2 aliphatic carbocycles. The molecule has 0 unspecified atom stereocenters.